The zero-order valence-corrected chi connectivity index (χ0v) is 18.5. The monoisotopic (exact) mass is 457 g/mol. The van der Waals surface area contributed by atoms with Gasteiger partial charge in [-0.3, -0.25) is 14.9 Å². The van der Waals surface area contributed by atoms with E-state index in [0.29, 0.717) is 18.5 Å². The third-order valence-electron chi connectivity index (χ3n) is 6.29. The SMILES string of the molecule is CN(C)[C@H](CNC(=O)C=C(c1ccncc1)C1(C(F)(F)F)CC1)Cc1ccc2[nH]ncc2c1. The average Bonchev–Trinajstić information content (AvgIpc) is 3.47. The summed E-state index contributed by atoms with van der Waals surface area (Å²) in [4.78, 5) is 18.6. The predicted molar refractivity (Wildman–Crippen MR) is 120 cm³/mol. The van der Waals surface area contributed by atoms with E-state index in [0.717, 1.165) is 22.5 Å². The van der Waals surface area contributed by atoms with Gasteiger partial charge in [-0.2, -0.15) is 18.3 Å². The molecule has 2 N–H and O–H groups in total. The molecule has 0 unspecified atom stereocenters. The lowest BCUT2D eigenvalue weighted by molar-refractivity contribution is -0.168. The van der Waals surface area contributed by atoms with Crippen LogP contribution in [0.3, 0.4) is 0 Å². The van der Waals surface area contributed by atoms with Crippen molar-refractivity contribution < 1.29 is 18.0 Å². The maximum absolute atomic E-state index is 13.8. The van der Waals surface area contributed by atoms with E-state index in [-0.39, 0.29) is 24.5 Å². The highest BCUT2D eigenvalue weighted by Crippen LogP contribution is 2.64. The number of nitrogens with zero attached hydrogens (tertiary/aromatic N) is 3. The van der Waals surface area contributed by atoms with Gasteiger partial charge in [0, 0.05) is 36.4 Å². The van der Waals surface area contributed by atoms with E-state index in [9.17, 15) is 18.0 Å². The number of fused-ring (bicyclic) bond motifs is 1. The van der Waals surface area contributed by atoms with Crippen molar-refractivity contribution in [1.29, 1.82) is 0 Å². The maximum Gasteiger partial charge on any atom is 0.398 e. The highest BCUT2D eigenvalue weighted by molar-refractivity contribution is 5.97. The van der Waals surface area contributed by atoms with E-state index < -0.39 is 17.5 Å². The summed E-state index contributed by atoms with van der Waals surface area (Å²) in [7, 11) is 3.82. The number of amides is 1. The average molecular weight is 458 g/mol. The second-order valence-corrected chi connectivity index (χ2v) is 8.73. The number of rotatable bonds is 8. The number of hydrogen-bond acceptors (Lipinski definition) is 4. The lowest BCUT2D eigenvalue weighted by atomic mass is 9.89. The van der Waals surface area contributed by atoms with Crippen LogP contribution in [-0.2, 0) is 11.2 Å². The number of aromatic nitrogens is 3. The Morgan fingerprint density at radius 2 is 1.97 bits per heavy atom. The van der Waals surface area contributed by atoms with Gasteiger partial charge in [-0.1, -0.05) is 6.07 Å². The number of pyridine rings is 1. The smallest absolute Gasteiger partial charge is 0.351 e. The molecule has 1 aliphatic carbocycles. The molecule has 1 atom stereocenters. The van der Waals surface area contributed by atoms with Crippen LogP contribution < -0.4 is 5.32 Å². The molecule has 1 aliphatic rings. The molecule has 2 heterocycles. The highest BCUT2D eigenvalue weighted by atomic mass is 19.4. The fraction of sp³-hybridized carbons (Fsp3) is 0.375. The van der Waals surface area contributed by atoms with Crippen molar-refractivity contribution in [3.05, 3.63) is 66.1 Å². The lowest BCUT2D eigenvalue weighted by Gasteiger charge is -2.25. The molecule has 1 fully saturated rings. The van der Waals surface area contributed by atoms with Crippen LogP contribution in [0, 0.1) is 5.41 Å². The third-order valence-corrected chi connectivity index (χ3v) is 6.29. The molecule has 2 aromatic heterocycles. The standard InChI is InChI=1S/C24H26F3N5O/c1-32(2)19(12-16-3-4-21-18(11-16)14-30-31-21)15-29-22(33)13-20(17-5-9-28-10-6-17)23(7-8-23)24(25,26)27/h3-6,9-11,13-14,19H,7-8,12,15H2,1-2H3,(H,29,33)(H,30,31)/t19-/m0/s1. The first-order chi connectivity index (χ1) is 15.7. The molecule has 9 heteroatoms. The molecule has 33 heavy (non-hydrogen) atoms. The van der Waals surface area contributed by atoms with E-state index in [1.165, 1.54) is 24.5 Å². The van der Waals surface area contributed by atoms with Crippen LogP contribution in [0.25, 0.3) is 16.5 Å². The summed E-state index contributed by atoms with van der Waals surface area (Å²) < 4.78 is 41.5. The van der Waals surface area contributed by atoms with Gasteiger partial charge in [-0.05, 0) is 74.3 Å². The zero-order chi connectivity index (χ0) is 23.6. The number of likely N-dealkylation sites (N-methyl/N-ethyl adjacent to an activating group) is 1. The molecule has 174 valence electrons. The number of nitrogens with one attached hydrogen (secondary N) is 2. The van der Waals surface area contributed by atoms with Crippen molar-refractivity contribution in [2.45, 2.75) is 31.5 Å². The van der Waals surface area contributed by atoms with Crippen molar-refractivity contribution >= 4 is 22.4 Å². The fourth-order valence-electron chi connectivity index (χ4n) is 4.09. The Balaban J connectivity index is 1.50. The van der Waals surface area contributed by atoms with Crippen molar-refractivity contribution in [3.8, 4) is 0 Å². The van der Waals surface area contributed by atoms with Crippen LogP contribution in [0.2, 0.25) is 0 Å². The maximum atomic E-state index is 13.8. The van der Waals surface area contributed by atoms with Crippen LogP contribution in [-0.4, -0.2) is 58.8 Å². The number of halogens is 3. The number of benzene rings is 1. The van der Waals surface area contributed by atoms with Crippen molar-refractivity contribution in [2.24, 2.45) is 5.41 Å². The largest absolute Gasteiger partial charge is 0.398 e. The number of hydrogen-bond donors (Lipinski definition) is 2. The summed E-state index contributed by atoms with van der Waals surface area (Å²) in [5.41, 5.74) is 0.432. The Bertz CT molecular complexity index is 1150. The summed E-state index contributed by atoms with van der Waals surface area (Å²) in [5, 5.41) is 10.8. The normalized spacial score (nSPS) is 16.7. The summed E-state index contributed by atoms with van der Waals surface area (Å²) in [6.07, 6.45) is 1.95. The quantitative estimate of drug-likeness (QED) is 0.502. The first-order valence-electron chi connectivity index (χ1n) is 10.8. The van der Waals surface area contributed by atoms with Crippen LogP contribution in [0.15, 0.2) is 55.0 Å². The molecule has 4 rings (SSSR count). The number of H-pyrrole nitrogens is 1. The third kappa shape index (κ3) is 4.93. The topological polar surface area (TPSA) is 73.9 Å². The number of alkyl halides is 3. The fourth-order valence-corrected chi connectivity index (χ4v) is 4.09. The van der Waals surface area contributed by atoms with Gasteiger partial charge in [-0.25, -0.2) is 0 Å². The molecule has 0 spiro atoms. The molecule has 6 nitrogen and oxygen atoms in total. The Kier molecular flexibility index (Phi) is 6.25. The molecule has 0 aliphatic heterocycles. The summed E-state index contributed by atoms with van der Waals surface area (Å²) in [6.45, 7) is 0.300. The summed E-state index contributed by atoms with van der Waals surface area (Å²) >= 11 is 0. The second kappa shape index (κ2) is 8.97. The number of carbonyl (C=O) groups is 1. The van der Waals surface area contributed by atoms with Crippen LogP contribution in [0.4, 0.5) is 13.2 Å². The molecular weight excluding hydrogens is 431 g/mol. The van der Waals surface area contributed by atoms with Crippen molar-refractivity contribution in [1.82, 2.24) is 25.4 Å². The van der Waals surface area contributed by atoms with Crippen molar-refractivity contribution in [3.63, 3.8) is 0 Å². The molecule has 0 saturated heterocycles. The van der Waals surface area contributed by atoms with E-state index >= 15 is 0 Å². The van der Waals surface area contributed by atoms with E-state index in [1.807, 2.05) is 37.2 Å². The van der Waals surface area contributed by atoms with Crippen LogP contribution >= 0.6 is 0 Å². The number of carbonyl (C=O) groups excluding carboxylic acids is 1. The molecule has 3 aromatic rings. The Morgan fingerprint density at radius 1 is 1.24 bits per heavy atom. The van der Waals surface area contributed by atoms with Crippen LogP contribution in [0.5, 0.6) is 0 Å². The second-order valence-electron chi connectivity index (χ2n) is 8.73. The van der Waals surface area contributed by atoms with Gasteiger partial charge in [0.25, 0.3) is 0 Å². The first kappa shape index (κ1) is 23.0. The van der Waals surface area contributed by atoms with E-state index in [2.05, 4.69) is 20.5 Å². The minimum Gasteiger partial charge on any atom is -0.351 e. The number of aromatic amines is 1. The first-order valence-corrected chi connectivity index (χ1v) is 10.8. The zero-order valence-electron chi connectivity index (χ0n) is 18.5. The van der Waals surface area contributed by atoms with Gasteiger partial charge < -0.3 is 10.2 Å². The molecule has 1 aromatic carbocycles. The molecule has 0 bridgehead atoms. The summed E-state index contributed by atoms with van der Waals surface area (Å²) in [6, 6.07) is 8.99. The molecule has 0 radical (unpaired) electrons. The number of allylic oxidation sites excluding steroid dienone is 1. The Labute approximate surface area is 189 Å². The van der Waals surface area contributed by atoms with Crippen molar-refractivity contribution in [2.75, 3.05) is 20.6 Å². The Hall–Kier alpha value is -3.20. The van der Waals surface area contributed by atoms with Gasteiger partial charge in [0.1, 0.15) is 0 Å². The van der Waals surface area contributed by atoms with E-state index in [4.69, 9.17) is 0 Å². The highest BCUT2D eigenvalue weighted by Gasteiger charge is 2.65. The molecule has 1 amide bonds. The lowest BCUT2D eigenvalue weighted by Crippen LogP contribution is -2.41. The molecular formula is C24H26F3N5O. The Morgan fingerprint density at radius 3 is 2.61 bits per heavy atom. The predicted octanol–water partition coefficient (Wildman–Crippen LogP) is 3.97. The van der Waals surface area contributed by atoms with Gasteiger partial charge >= 0.3 is 6.18 Å². The molecule has 1 saturated carbocycles. The minimum absolute atomic E-state index is 0.00159. The summed E-state index contributed by atoms with van der Waals surface area (Å²) in [5.74, 6) is -0.533. The van der Waals surface area contributed by atoms with Gasteiger partial charge in [0.15, 0.2) is 0 Å². The minimum atomic E-state index is -4.42. The van der Waals surface area contributed by atoms with Gasteiger partial charge in [0.2, 0.25) is 5.91 Å². The van der Waals surface area contributed by atoms with E-state index in [1.54, 1.807) is 6.20 Å². The van der Waals surface area contributed by atoms with Gasteiger partial charge in [-0.15, -0.1) is 0 Å². The van der Waals surface area contributed by atoms with Gasteiger partial charge in [0.05, 0.1) is 17.1 Å². The van der Waals surface area contributed by atoms with Crippen LogP contribution in [0.1, 0.15) is 24.0 Å².